The molecule has 0 amide bonds. The molecule has 7 heteroatoms. The Labute approximate surface area is 104 Å². The Kier molecular flexibility index (Phi) is 4.99. The third kappa shape index (κ3) is 3.94. The van der Waals surface area contributed by atoms with Gasteiger partial charge in [-0.15, -0.1) is 0 Å². The van der Waals surface area contributed by atoms with E-state index in [0.29, 0.717) is 5.69 Å². The van der Waals surface area contributed by atoms with Crippen LogP contribution in [0.25, 0.3) is 0 Å². The van der Waals surface area contributed by atoms with Gasteiger partial charge in [-0.3, -0.25) is 10.1 Å². The largest absolute Gasteiger partial charge is 0.389 e. The average Bonchev–Trinajstić information content (AvgIpc) is 2.28. The first-order valence-electron chi connectivity index (χ1n) is 5.27. The summed E-state index contributed by atoms with van der Waals surface area (Å²) in [5.74, 6) is -0.688. The van der Waals surface area contributed by atoms with E-state index in [9.17, 15) is 19.6 Å². The standard InChI is InChI=1S/C11H15FN2O4/c1-13(6-11(15)7-18-2)9-3-8(12)4-10(5-9)14(16)17/h3-5,11,15H,6-7H2,1-2H3. The second-order valence-corrected chi connectivity index (χ2v) is 3.91. The number of methoxy groups -OCH3 is 1. The Bertz CT molecular complexity index is 428. The molecule has 1 aromatic rings. The molecule has 0 saturated carbocycles. The van der Waals surface area contributed by atoms with Gasteiger partial charge in [-0.25, -0.2) is 4.39 Å². The summed E-state index contributed by atoms with van der Waals surface area (Å²) in [5.41, 5.74) is 0.00920. The fraction of sp³-hybridized carbons (Fsp3) is 0.455. The highest BCUT2D eigenvalue weighted by atomic mass is 19.1. The van der Waals surface area contributed by atoms with Crippen molar-refractivity contribution in [2.24, 2.45) is 0 Å². The lowest BCUT2D eigenvalue weighted by molar-refractivity contribution is -0.385. The maximum atomic E-state index is 13.2. The summed E-state index contributed by atoms with van der Waals surface area (Å²) < 4.78 is 18.0. The lowest BCUT2D eigenvalue weighted by Crippen LogP contribution is -2.31. The van der Waals surface area contributed by atoms with E-state index in [1.165, 1.54) is 24.1 Å². The number of aliphatic hydroxyl groups is 1. The first-order valence-corrected chi connectivity index (χ1v) is 5.27. The van der Waals surface area contributed by atoms with Gasteiger partial charge in [-0.2, -0.15) is 0 Å². The van der Waals surface area contributed by atoms with Gasteiger partial charge in [-0.05, 0) is 6.07 Å². The Hall–Kier alpha value is -1.73. The molecule has 0 aliphatic rings. The van der Waals surface area contributed by atoms with Gasteiger partial charge < -0.3 is 14.7 Å². The lowest BCUT2D eigenvalue weighted by Gasteiger charge is -2.22. The minimum absolute atomic E-state index is 0.141. The number of rotatable bonds is 6. The van der Waals surface area contributed by atoms with Crippen molar-refractivity contribution < 1.29 is 19.2 Å². The van der Waals surface area contributed by atoms with Crippen LogP contribution in [0.3, 0.4) is 0 Å². The van der Waals surface area contributed by atoms with Crippen molar-refractivity contribution in [1.29, 1.82) is 0 Å². The van der Waals surface area contributed by atoms with Gasteiger partial charge in [0.2, 0.25) is 0 Å². The van der Waals surface area contributed by atoms with Crippen LogP contribution in [0.5, 0.6) is 0 Å². The second kappa shape index (κ2) is 6.27. The third-order valence-corrected chi connectivity index (χ3v) is 2.36. The molecule has 0 aliphatic carbocycles. The van der Waals surface area contributed by atoms with Crippen molar-refractivity contribution in [2.75, 3.05) is 32.2 Å². The monoisotopic (exact) mass is 258 g/mol. The Morgan fingerprint density at radius 1 is 1.56 bits per heavy atom. The van der Waals surface area contributed by atoms with E-state index in [1.54, 1.807) is 7.05 Å². The van der Waals surface area contributed by atoms with Crippen molar-refractivity contribution in [3.05, 3.63) is 34.1 Å². The van der Waals surface area contributed by atoms with E-state index in [-0.39, 0.29) is 18.8 Å². The van der Waals surface area contributed by atoms with E-state index in [1.807, 2.05) is 0 Å². The molecule has 6 nitrogen and oxygen atoms in total. The van der Waals surface area contributed by atoms with Gasteiger partial charge in [0, 0.05) is 32.5 Å². The molecular formula is C11H15FN2O4. The molecule has 0 heterocycles. The highest BCUT2D eigenvalue weighted by Gasteiger charge is 2.14. The summed E-state index contributed by atoms with van der Waals surface area (Å²) in [6, 6.07) is 3.28. The molecule has 0 radical (unpaired) electrons. The molecule has 100 valence electrons. The summed E-state index contributed by atoms with van der Waals surface area (Å²) in [7, 11) is 3.06. The van der Waals surface area contributed by atoms with Crippen LogP contribution in [-0.4, -0.2) is 43.4 Å². The number of likely N-dealkylation sites (N-methyl/N-ethyl adjacent to an activating group) is 1. The number of hydrogen-bond acceptors (Lipinski definition) is 5. The molecule has 0 spiro atoms. The first kappa shape index (κ1) is 14.3. The zero-order valence-electron chi connectivity index (χ0n) is 10.2. The van der Waals surface area contributed by atoms with Crippen LogP contribution in [0.1, 0.15) is 0 Å². The first-order chi connectivity index (χ1) is 8.43. The highest BCUT2D eigenvalue weighted by molar-refractivity contribution is 5.53. The molecule has 0 aromatic heterocycles. The summed E-state index contributed by atoms with van der Waals surface area (Å²) in [6.07, 6.45) is -0.748. The van der Waals surface area contributed by atoms with E-state index in [4.69, 9.17) is 4.74 Å². The van der Waals surface area contributed by atoms with E-state index >= 15 is 0 Å². The van der Waals surface area contributed by atoms with Crippen LogP contribution in [0.2, 0.25) is 0 Å². The molecule has 0 aliphatic heterocycles. The van der Waals surface area contributed by atoms with Gasteiger partial charge in [0.1, 0.15) is 5.82 Å². The van der Waals surface area contributed by atoms with Crippen LogP contribution in [0, 0.1) is 15.9 Å². The van der Waals surface area contributed by atoms with Crippen molar-refractivity contribution in [2.45, 2.75) is 6.10 Å². The topological polar surface area (TPSA) is 75.8 Å². The number of aliphatic hydroxyl groups excluding tert-OH is 1. The number of ether oxygens (including phenoxy) is 1. The number of halogens is 1. The molecule has 1 unspecified atom stereocenters. The van der Waals surface area contributed by atoms with Crippen LogP contribution in [0.15, 0.2) is 18.2 Å². The zero-order valence-corrected chi connectivity index (χ0v) is 10.2. The van der Waals surface area contributed by atoms with Gasteiger partial charge in [0.25, 0.3) is 5.69 Å². The zero-order chi connectivity index (χ0) is 13.7. The fourth-order valence-corrected chi connectivity index (χ4v) is 1.55. The Balaban J connectivity index is 2.85. The number of anilines is 1. The van der Waals surface area contributed by atoms with Crippen molar-refractivity contribution >= 4 is 11.4 Å². The molecule has 0 saturated heterocycles. The molecule has 1 N–H and O–H groups in total. The van der Waals surface area contributed by atoms with Gasteiger partial charge >= 0.3 is 0 Å². The van der Waals surface area contributed by atoms with Crippen molar-refractivity contribution in [1.82, 2.24) is 0 Å². The fourth-order valence-electron chi connectivity index (χ4n) is 1.55. The summed E-state index contributed by atoms with van der Waals surface area (Å²) in [4.78, 5) is 11.5. The highest BCUT2D eigenvalue weighted by Crippen LogP contribution is 2.22. The number of benzene rings is 1. The maximum absolute atomic E-state index is 13.2. The predicted molar refractivity (Wildman–Crippen MR) is 64.2 cm³/mol. The molecule has 0 fully saturated rings. The van der Waals surface area contributed by atoms with Gasteiger partial charge in [0.05, 0.1) is 23.7 Å². The Morgan fingerprint density at radius 2 is 2.22 bits per heavy atom. The van der Waals surface area contributed by atoms with Crippen LogP contribution >= 0.6 is 0 Å². The van der Waals surface area contributed by atoms with E-state index in [0.717, 1.165) is 6.07 Å². The van der Waals surface area contributed by atoms with Crippen LogP contribution in [-0.2, 0) is 4.74 Å². The lowest BCUT2D eigenvalue weighted by atomic mass is 10.2. The summed E-state index contributed by atoms with van der Waals surface area (Å²) in [6.45, 7) is 0.330. The van der Waals surface area contributed by atoms with Gasteiger partial charge in [-0.1, -0.05) is 0 Å². The number of non-ortho nitro benzene ring substituents is 1. The van der Waals surface area contributed by atoms with E-state index in [2.05, 4.69) is 0 Å². The van der Waals surface area contributed by atoms with Crippen LogP contribution < -0.4 is 4.90 Å². The molecular weight excluding hydrogens is 243 g/mol. The number of hydrogen-bond donors (Lipinski definition) is 1. The maximum Gasteiger partial charge on any atom is 0.274 e. The van der Waals surface area contributed by atoms with Gasteiger partial charge in [0.15, 0.2) is 0 Å². The second-order valence-electron chi connectivity index (χ2n) is 3.91. The quantitative estimate of drug-likeness (QED) is 0.612. The average molecular weight is 258 g/mol. The molecule has 1 atom stereocenters. The summed E-state index contributed by atoms with van der Waals surface area (Å²) >= 11 is 0. The molecule has 1 rings (SSSR count). The SMILES string of the molecule is COCC(O)CN(C)c1cc(F)cc([N+](=O)[O-])c1. The minimum Gasteiger partial charge on any atom is -0.389 e. The third-order valence-electron chi connectivity index (χ3n) is 2.36. The van der Waals surface area contributed by atoms with Crippen LogP contribution in [0.4, 0.5) is 15.8 Å². The summed E-state index contributed by atoms with van der Waals surface area (Å²) in [5, 5.41) is 20.1. The van der Waals surface area contributed by atoms with Crippen molar-refractivity contribution in [3.63, 3.8) is 0 Å². The molecule has 1 aromatic carbocycles. The number of nitrogens with zero attached hydrogens (tertiary/aromatic N) is 2. The van der Waals surface area contributed by atoms with E-state index < -0.39 is 16.8 Å². The normalized spacial score (nSPS) is 12.2. The predicted octanol–water partition coefficient (Wildman–Crippen LogP) is 1.18. The smallest absolute Gasteiger partial charge is 0.274 e. The molecule has 18 heavy (non-hydrogen) atoms. The van der Waals surface area contributed by atoms with Crippen molar-refractivity contribution in [3.8, 4) is 0 Å². The molecule has 0 bridgehead atoms. The Morgan fingerprint density at radius 3 is 2.78 bits per heavy atom. The number of nitro groups is 1. The minimum atomic E-state index is -0.748. The number of nitro benzene ring substituents is 1.